The lowest BCUT2D eigenvalue weighted by Gasteiger charge is -2.26. The van der Waals surface area contributed by atoms with E-state index in [1.807, 2.05) is 13.0 Å². The van der Waals surface area contributed by atoms with Gasteiger partial charge < -0.3 is 9.80 Å². The number of benzene rings is 1. The second-order valence-corrected chi connectivity index (χ2v) is 5.09. The number of aryl methyl sites for hydroxylation is 1. The zero-order chi connectivity index (χ0) is 15.0. The summed E-state index contributed by atoms with van der Waals surface area (Å²) in [5.74, 6) is 0. The van der Waals surface area contributed by atoms with Crippen molar-refractivity contribution in [3.05, 3.63) is 29.3 Å². The van der Waals surface area contributed by atoms with Crippen molar-refractivity contribution in [2.75, 3.05) is 37.6 Å². The number of hydrogen-bond acceptors (Lipinski definition) is 3. The number of rotatable bonds is 8. The Bertz CT molecular complexity index is 444. The SMILES string of the molecule is CCN(CC)CCCN(CC)c1ccc(C)cc1C#N. The smallest absolute Gasteiger partial charge is 0.101 e. The zero-order valence-corrected chi connectivity index (χ0v) is 13.3. The van der Waals surface area contributed by atoms with Gasteiger partial charge in [-0.05, 0) is 57.6 Å². The third kappa shape index (κ3) is 4.54. The predicted molar refractivity (Wildman–Crippen MR) is 86.2 cm³/mol. The van der Waals surface area contributed by atoms with Crippen molar-refractivity contribution in [1.82, 2.24) is 4.90 Å². The molecule has 0 aromatic heterocycles. The van der Waals surface area contributed by atoms with E-state index in [4.69, 9.17) is 0 Å². The molecule has 0 amide bonds. The molecular formula is C17H27N3. The topological polar surface area (TPSA) is 30.3 Å². The molecule has 0 N–H and O–H groups in total. The maximum absolute atomic E-state index is 9.29. The number of anilines is 1. The normalized spacial score (nSPS) is 10.6. The third-order valence-corrected chi connectivity index (χ3v) is 3.79. The molecule has 3 nitrogen and oxygen atoms in total. The van der Waals surface area contributed by atoms with Crippen LogP contribution in [0.15, 0.2) is 18.2 Å². The molecule has 0 atom stereocenters. The first-order valence-electron chi connectivity index (χ1n) is 7.64. The second kappa shape index (κ2) is 8.60. The summed E-state index contributed by atoms with van der Waals surface area (Å²) in [6.07, 6.45) is 1.13. The van der Waals surface area contributed by atoms with Crippen molar-refractivity contribution in [1.29, 1.82) is 5.26 Å². The fourth-order valence-electron chi connectivity index (χ4n) is 2.49. The van der Waals surface area contributed by atoms with Crippen molar-refractivity contribution in [2.24, 2.45) is 0 Å². The Morgan fingerprint density at radius 2 is 1.75 bits per heavy atom. The van der Waals surface area contributed by atoms with Crippen LogP contribution in [0.5, 0.6) is 0 Å². The van der Waals surface area contributed by atoms with Gasteiger partial charge in [0, 0.05) is 13.1 Å². The molecule has 0 saturated carbocycles. The molecule has 0 aliphatic carbocycles. The van der Waals surface area contributed by atoms with Gasteiger partial charge in [-0.15, -0.1) is 0 Å². The van der Waals surface area contributed by atoms with Crippen LogP contribution in [0.25, 0.3) is 0 Å². The summed E-state index contributed by atoms with van der Waals surface area (Å²) in [6, 6.07) is 8.46. The lowest BCUT2D eigenvalue weighted by Crippen LogP contribution is -2.30. The summed E-state index contributed by atoms with van der Waals surface area (Å²) in [4.78, 5) is 4.75. The molecule has 0 aliphatic heterocycles. The van der Waals surface area contributed by atoms with E-state index in [1.54, 1.807) is 0 Å². The highest BCUT2D eigenvalue weighted by atomic mass is 15.1. The minimum absolute atomic E-state index is 0.787. The summed E-state index contributed by atoms with van der Waals surface area (Å²) in [5.41, 5.74) is 3.00. The molecule has 110 valence electrons. The Labute approximate surface area is 123 Å². The van der Waals surface area contributed by atoms with Gasteiger partial charge in [0.15, 0.2) is 0 Å². The molecule has 20 heavy (non-hydrogen) atoms. The van der Waals surface area contributed by atoms with Crippen LogP contribution in [0.4, 0.5) is 5.69 Å². The molecule has 1 aromatic carbocycles. The highest BCUT2D eigenvalue weighted by molar-refractivity contribution is 5.60. The highest BCUT2D eigenvalue weighted by Crippen LogP contribution is 2.21. The first-order valence-corrected chi connectivity index (χ1v) is 7.64. The second-order valence-electron chi connectivity index (χ2n) is 5.09. The standard InChI is InChI=1S/C17H27N3/c1-5-19(6-2)11-8-12-20(7-3)17-10-9-15(4)13-16(17)14-18/h9-10,13H,5-8,11-12H2,1-4H3. The quantitative estimate of drug-likeness (QED) is 0.727. The van der Waals surface area contributed by atoms with Crippen molar-refractivity contribution in [3.63, 3.8) is 0 Å². The predicted octanol–water partition coefficient (Wildman–Crippen LogP) is 3.42. The monoisotopic (exact) mass is 273 g/mol. The molecule has 1 rings (SSSR count). The first-order chi connectivity index (χ1) is 9.65. The van der Waals surface area contributed by atoms with Crippen LogP contribution in [-0.4, -0.2) is 37.6 Å². The lowest BCUT2D eigenvalue weighted by atomic mass is 10.1. The van der Waals surface area contributed by atoms with Gasteiger partial charge in [-0.2, -0.15) is 5.26 Å². The lowest BCUT2D eigenvalue weighted by molar-refractivity contribution is 0.301. The summed E-state index contributed by atoms with van der Waals surface area (Å²) in [7, 11) is 0. The average Bonchev–Trinajstić information content (AvgIpc) is 2.48. The molecule has 0 bridgehead atoms. The van der Waals surface area contributed by atoms with Gasteiger partial charge in [0.1, 0.15) is 6.07 Å². The molecular weight excluding hydrogens is 246 g/mol. The van der Waals surface area contributed by atoms with E-state index in [0.29, 0.717) is 0 Å². The average molecular weight is 273 g/mol. The zero-order valence-electron chi connectivity index (χ0n) is 13.3. The molecule has 0 saturated heterocycles. The van der Waals surface area contributed by atoms with Gasteiger partial charge in [0.25, 0.3) is 0 Å². The van der Waals surface area contributed by atoms with E-state index in [2.05, 4.69) is 48.8 Å². The van der Waals surface area contributed by atoms with Gasteiger partial charge in [-0.3, -0.25) is 0 Å². The molecule has 0 unspecified atom stereocenters. The third-order valence-electron chi connectivity index (χ3n) is 3.79. The van der Waals surface area contributed by atoms with Gasteiger partial charge in [0.05, 0.1) is 11.3 Å². The minimum Gasteiger partial charge on any atom is -0.371 e. The molecule has 0 fully saturated rings. The van der Waals surface area contributed by atoms with Crippen molar-refractivity contribution < 1.29 is 0 Å². The summed E-state index contributed by atoms with van der Waals surface area (Å²) in [6.45, 7) is 13.9. The van der Waals surface area contributed by atoms with Crippen molar-refractivity contribution >= 4 is 5.69 Å². The van der Waals surface area contributed by atoms with Crippen LogP contribution >= 0.6 is 0 Å². The van der Waals surface area contributed by atoms with Gasteiger partial charge in [-0.1, -0.05) is 19.9 Å². The first kappa shape index (κ1) is 16.5. The van der Waals surface area contributed by atoms with E-state index < -0.39 is 0 Å². The number of hydrogen-bond donors (Lipinski definition) is 0. The Morgan fingerprint density at radius 3 is 2.30 bits per heavy atom. The largest absolute Gasteiger partial charge is 0.371 e. The molecule has 0 heterocycles. The molecule has 3 heteroatoms. The fourth-order valence-corrected chi connectivity index (χ4v) is 2.49. The van der Waals surface area contributed by atoms with E-state index in [0.717, 1.165) is 56.0 Å². The fraction of sp³-hybridized carbons (Fsp3) is 0.588. The molecule has 0 spiro atoms. The van der Waals surface area contributed by atoms with Crippen LogP contribution in [0.3, 0.4) is 0 Å². The van der Waals surface area contributed by atoms with Gasteiger partial charge in [0.2, 0.25) is 0 Å². The molecule has 1 aromatic rings. The van der Waals surface area contributed by atoms with Crippen LogP contribution in [0, 0.1) is 18.3 Å². The minimum atomic E-state index is 0.787. The molecule has 0 radical (unpaired) electrons. The number of nitriles is 1. The van der Waals surface area contributed by atoms with Crippen molar-refractivity contribution in [3.8, 4) is 6.07 Å². The Balaban J connectivity index is 2.69. The Morgan fingerprint density at radius 1 is 1.05 bits per heavy atom. The van der Waals surface area contributed by atoms with Crippen molar-refractivity contribution in [2.45, 2.75) is 34.1 Å². The Kier molecular flexibility index (Phi) is 7.11. The van der Waals surface area contributed by atoms with Crippen LogP contribution in [0.2, 0.25) is 0 Å². The van der Waals surface area contributed by atoms with Gasteiger partial charge in [-0.25, -0.2) is 0 Å². The maximum Gasteiger partial charge on any atom is 0.101 e. The van der Waals surface area contributed by atoms with Crippen LogP contribution in [0.1, 0.15) is 38.3 Å². The Hall–Kier alpha value is -1.53. The van der Waals surface area contributed by atoms with E-state index >= 15 is 0 Å². The van der Waals surface area contributed by atoms with E-state index in [1.165, 1.54) is 0 Å². The highest BCUT2D eigenvalue weighted by Gasteiger charge is 2.10. The van der Waals surface area contributed by atoms with Crippen LogP contribution < -0.4 is 4.90 Å². The molecule has 0 aliphatic rings. The maximum atomic E-state index is 9.29. The van der Waals surface area contributed by atoms with E-state index in [9.17, 15) is 5.26 Å². The van der Waals surface area contributed by atoms with E-state index in [-0.39, 0.29) is 0 Å². The van der Waals surface area contributed by atoms with Crippen LogP contribution in [-0.2, 0) is 0 Å². The summed E-state index contributed by atoms with van der Waals surface area (Å²) < 4.78 is 0. The summed E-state index contributed by atoms with van der Waals surface area (Å²) in [5, 5.41) is 9.29. The summed E-state index contributed by atoms with van der Waals surface area (Å²) >= 11 is 0. The number of nitrogens with zero attached hydrogens (tertiary/aromatic N) is 3. The van der Waals surface area contributed by atoms with Gasteiger partial charge >= 0.3 is 0 Å².